The Bertz CT molecular complexity index is 924. The predicted octanol–water partition coefficient (Wildman–Crippen LogP) is 3.18. The molecule has 0 saturated carbocycles. The summed E-state index contributed by atoms with van der Waals surface area (Å²) in [5.41, 5.74) is 2.53. The van der Waals surface area contributed by atoms with E-state index in [0.29, 0.717) is 38.2 Å². The lowest BCUT2D eigenvalue weighted by Gasteiger charge is -2.44. The number of carbonyl (C=O) groups is 2. The van der Waals surface area contributed by atoms with Crippen molar-refractivity contribution < 1.29 is 14.3 Å². The quantitative estimate of drug-likeness (QED) is 0.784. The fraction of sp³-hybridized carbons (Fsp3) is 0.417. The van der Waals surface area contributed by atoms with Gasteiger partial charge in [-0.2, -0.15) is 0 Å². The lowest BCUT2D eigenvalue weighted by Crippen LogP contribution is -2.63. The summed E-state index contributed by atoms with van der Waals surface area (Å²) in [7, 11) is 0. The van der Waals surface area contributed by atoms with E-state index in [2.05, 4.69) is 29.2 Å². The van der Waals surface area contributed by atoms with Gasteiger partial charge in [-0.1, -0.05) is 30.3 Å². The Kier molecular flexibility index (Phi) is 4.85. The first kappa shape index (κ1) is 19.0. The standard InChI is InChI=1S/C24H27N3O3/c28-22(20-8-10-21(11-9-20)25-12-4-5-13-25)26-14-15-27-23(29)30-18-24(27,17-26)16-19-6-2-1-3-7-19/h1-3,6-11H,4-5,12-18H2. The summed E-state index contributed by atoms with van der Waals surface area (Å²) in [4.78, 5) is 31.6. The molecule has 5 rings (SSSR count). The van der Waals surface area contributed by atoms with E-state index < -0.39 is 5.54 Å². The highest BCUT2D eigenvalue weighted by Gasteiger charge is 2.51. The SMILES string of the molecule is O=C(c1ccc(N2CCCC2)cc1)N1CCN2C(=O)OCC2(Cc2ccccc2)C1. The van der Waals surface area contributed by atoms with Crippen molar-refractivity contribution in [3.63, 3.8) is 0 Å². The van der Waals surface area contributed by atoms with Gasteiger partial charge in [0.25, 0.3) is 5.91 Å². The number of hydrogen-bond donors (Lipinski definition) is 0. The highest BCUT2D eigenvalue weighted by Crippen LogP contribution is 2.33. The van der Waals surface area contributed by atoms with E-state index in [9.17, 15) is 9.59 Å². The number of anilines is 1. The van der Waals surface area contributed by atoms with Gasteiger partial charge in [0.1, 0.15) is 12.1 Å². The fourth-order valence-electron chi connectivity index (χ4n) is 4.98. The van der Waals surface area contributed by atoms with Crippen molar-refractivity contribution in [2.75, 3.05) is 44.2 Å². The zero-order valence-electron chi connectivity index (χ0n) is 17.1. The highest BCUT2D eigenvalue weighted by molar-refractivity contribution is 5.95. The summed E-state index contributed by atoms with van der Waals surface area (Å²) in [5.74, 6) is 0.0226. The third-order valence-corrected chi connectivity index (χ3v) is 6.58. The maximum absolute atomic E-state index is 13.3. The van der Waals surface area contributed by atoms with Crippen molar-refractivity contribution in [3.8, 4) is 0 Å². The minimum atomic E-state index is -0.498. The Balaban J connectivity index is 1.35. The van der Waals surface area contributed by atoms with Gasteiger partial charge < -0.3 is 14.5 Å². The van der Waals surface area contributed by atoms with Crippen molar-refractivity contribution in [2.45, 2.75) is 24.8 Å². The smallest absolute Gasteiger partial charge is 0.410 e. The van der Waals surface area contributed by atoms with E-state index in [4.69, 9.17) is 4.74 Å². The molecule has 2 amide bonds. The number of ether oxygens (including phenoxy) is 1. The Labute approximate surface area is 177 Å². The van der Waals surface area contributed by atoms with Gasteiger partial charge in [0.05, 0.1) is 0 Å². The number of nitrogens with zero attached hydrogens (tertiary/aromatic N) is 3. The second kappa shape index (κ2) is 7.67. The van der Waals surface area contributed by atoms with Crippen LogP contribution >= 0.6 is 0 Å². The second-order valence-electron chi connectivity index (χ2n) is 8.56. The van der Waals surface area contributed by atoms with E-state index in [1.807, 2.05) is 40.1 Å². The van der Waals surface area contributed by atoms with Gasteiger partial charge in [0.15, 0.2) is 0 Å². The first-order valence-corrected chi connectivity index (χ1v) is 10.8. The van der Waals surface area contributed by atoms with Crippen LogP contribution in [0.5, 0.6) is 0 Å². The number of benzene rings is 2. The Morgan fingerprint density at radius 1 is 0.933 bits per heavy atom. The predicted molar refractivity (Wildman–Crippen MR) is 115 cm³/mol. The lowest BCUT2D eigenvalue weighted by atomic mass is 9.88. The van der Waals surface area contributed by atoms with E-state index in [1.54, 1.807) is 0 Å². The number of rotatable bonds is 4. The van der Waals surface area contributed by atoms with Crippen LogP contribution in [-0.2, 0) is 11.2 Å². The van der Waals surface area contributed by atoms with Crippen LogP contribution in [0.1, 0.15) is 28.8 Å². The van der Waals surface area contributed by atoms with Crippen LogP contribution in [0.4, 0.5) is 10.5 Å². The molecule has 1 atom stereocenters. The molecule has 2 aromatic carbocycles. The van der Waals surface area contributed by atoms with Gasteiger partial charge in [-0.3, -0.25) is 9.69 Å². The van der Waals surface area contributed by atoms with E-state index in [0.717, 1.165) is 18.7 Å². The summed E-state index contributed by atoms with van der Waals surface area (Å²) in [6.07, 6.45) is 2.87. The van der Waals surface area contributed by atoms with E-state index in [1.165, 1.54) is 18.5 Å². The highest BCUT2D eigenvalue weighted by atomic mass is 16.6. The van der Waals surface area contributed by atoms with Crippen molar-refractivity contribution >= 4 is 17.7 Å². The lowest BCUT2D eigenvalue weighted by molar-refractivity contribution is 0.0375. The first-order chi connectivity index (χ1) is 14.6. The van der Waals surface area contributed by atoms with Crippen LogP contribution in [-0.4, -0.2) is 66.7 Å². The largest absolute Gasteiger partial charge is 0.447 e. The number of fused-ring (bicyclic) bond motifs is 1. The summed E-state index contributed by atoms with van der Waals surface area (Å²) >= 11 is 0. The molecule has 3 saturated heterocycles. The van der Waals surface area contributed by atoms with Crippen molar-refractivity contribution in [1.29, 1.82) is 0 Å². The van der Waals surface area contributed by atoms with Crippen molar-refractivity contribution in [1.82, 2.24) is 9.80 Å². The van der Waals surface area contributed by atoms with Crippen LogP contribution in [0.2, 0.25) is 0 Å². The maximum atomic E-state index is 13.3. The molecule has 2 aromatic rings. The molecule has 6 nitrogen and oxygen atoms in total. The molecule has 3 aliphatic rings. The average molecular weight is 405 g/mol. The molecule has 0 spiro atoms. The van der Waals surface area contributed by atoms with Crippen molar-refractivity contribution in [3.05, 3.63) is 65.7 Å². The van der Waals surface area contributed by atoms with E-state index in [-0.39, 0.29) is 12.0 Å². The molecule has 1 unspecified atom stereocenters. The van der Waals surface area contributed by atoms with Crippen LogP contribution in [0.3, 0.4) is 0 Å². The van der Waals surface area contributed by atoms with Crippen LogP contribution in [0.15, 0.2) is 54.6 Å². The van der Waals surface area contributed by atoms with E-state index >= 15 is 0 Å². The minimum Gasteiger partial charge on any atom is -0.447 e. The van der Waals surface area contributed by atoms with Crippen molar-refractivity contribution in [2.24, 2.45) is 0 Å². The van der Waals surface area contributed by atoms with Crippen LogP contribution in [0.25, 0.3) is 0 Å². The Hall–Kier alpha value is -3.02. The van der Waals surface area contributed by atoms with Gasteiger partial charge in [0.2, 0.25) is 0 Å². The first-order valence-electron chi connectivity index (χ1n) is 10.8. The normalized spacial score (nSPS) is 23.5. The number of piperazine rings is 1. The number of cyclic esters (lactones) is 1. The third-order valence-electron chi connectivity index (χ3n) is 6.58. The third kappa shape index (κ3) is 3.40. The Morgan fingerprint density at radius 2 is 1.67 bits per heavy atom. The second-order valence-corrected chi connectivity index (χ2v) is 8.56. The maximum Gasteiger partial charge on any atom is 0.410 e. The zero-order valence-corrected chi connectivity index (χ0v) is 17.1. The molecule has 3 fully saturated rings. The Morgan fingerprint density at radius 3 is 2.40 bits per heavy atom. The van der Waals surface area contributed by atoms with Crippen LogP contribution in [0, 0.1) is 0 Å². The molecular formula is C24H27N3O3. The molecule has 30 heavy (non-hydrogen) atoms. The molecule has 6 heteroatoms. The number of carbonyl (C=O) groups excluding carboxylic acids is 2. The fourth-order valence-corrected chi connectivity index (χ4v) is 4.98. The molecule has 0 N–H and O–H groups in total. The summed E-state index contributed by atoms with van der Waals surface area (Å²) in [6.45, 7) is 4.01. The number of hydrogen-bond acceptors (Lipinski definition) is 4. The topological polar surface area (TPSA) is 53.1 Å². The molecular weight excluding hydrogens is 378 g/mol. The minimum absolute atomic E-state index is 0.0226. The number of amides is 2. The molecule has 3 aliphatic heterocycles. The van der Waals surface area contributed by atoms with Gasteiger partial charge in [-0.15, -0.1) is 0 Å². The zero-order chi connectivity index (χ0) is 20.6. The molecule has 0 aliphatic carbocycles. The average Bonchev–Trinajstić information content (AvgIpc) is 3.43. The van der Waals surface area contributed by atoms with Gasteiger partial charge in [-0.25, -0.2) is 4.79 Å². The van der Waals surface area contributed by atoms with Gasteiger partial charge in [-0.05, 0) is 42.7 Å². The van der Waals surface area contributed by atoms with Gasteiger partial charge in [0, 0.05) is 50.4 Å². The monoisotopic (exact) mass is 405 g/mol. The molecule has 156 valence electrons. The van der Waals surface area contributed by atoms with Crippen LogP contribution < -0.4 is 4.90 Å². The molecule has 0 bridgehead atoms. The summed E-state index contributed by atoms with van der Waals surface area (Å²) < 4.78 is 5.43. The molecule has 3 heterocycles. The summed E-state index contributed by atoms with van der Waals surface area (Å²) in [5, 5.41) is 0. The summed E-state index contributed by atoms with van der Waals surface area (Å²) in [6, 6.07) is 18.1. The molecule has 0 radical (unpaired) electrons. The van der Waals surface area contributed by atoms with Gasteiger partial charge >= 0.3 is 6.09 Å². The molecule has 0 aromatic heterocycles.